The molecule has 126 valence electrons. The molecule has 1 aromatic rings. The van der Waals surface area contributed by atoms with Crippen molar-refractivity contribution in [2.24, 2.45) is 11.7 Å². The first kappa shape index (κ1) is 18.1. The predicted molar refractivity (Wildman–Crippen MR) is 93.5 cm³/mol. The van der Waals surface area contributed by atoms with Crippen LogP contribution in [0.1, 0.15) is 12.8 Å². The summed E-state index contributed by atoms with van der Waals surface area (Å²) in [5.41, 5.74) is 5.22. The summed E-state index contributed by atoms with van der Waals surface area (Å²) in [6.45, 7) is 2.30. The highest BCUT2D eigenvalue weighted by molar-refractivity contribution is 7.99. The van der Waals surface area contributed by atoms with Crippen molar-refractivity contribution >= 4 is 35.2 Å². The molecule has 1 aliphatic rings. The molecule has 3 N–H and O–H groups in total. The van der Waals surface area contributed by atoms with E-state index in [9.17, 15) is 9.59 Å². The number of nitrogens with two attached hydrogens (primary N) is 1. The lowest BCUT2D eigenvalue weighted by Crippen LogP contribution is -2.46. The van der Waals surface area contributed by atoms with Crippen molar-refractivity contribution in [1.82, 2.24) is 10.2 Å². The molecule has 1 fully saturated rings. The van der Waals surface area contributed by atoms with Gasteiger partial charge in [-0.1, -0.05) is 11.6 Å². The molecule has 2 rings (SSSR count). The number of rotatable bonds is 7. The van der Waals surface area contributed by atoms with Crippen molar-refractivity contribution in [2.45, 2.75) is 17.7 Å². The number of amides is 2. The van der Waals surface area contributed by atoms with Gasteiger partial charge in [0.1, 0.15) is 0 Å². The number of likely N-dealkylation sites (tertiary alicyclic amines) is 1. The average Bonchev–Trinajstić information content (AvgIpc) is 2.52. The van der Waals surface area contributed by atoms with Crippen LogP contribution in [0.4, 0.5) is 0 Å². The fourth-order valence-corrected chi connectivity index (χ4v) is 3.55. The van der Waals surface area contributed by atoms with Crippen LogP contribution >= 0.6 is 23.4 Å². The minimum Gasteiger partial charge on any atom is -0.369 e. The van der Waals surface area contributed by atoms with Crippen LogP contribution in [0.2, 0.25) is 5.02 Å². The lowest BCUT2D eigenvalue weighted by atomic mass is 9.97. The Bertz CT molecular complexity index is 539. The number of piperidine rings is 1. The van der Waals surface area contributed by atoms with Gasteiger partial charge in [0, 0.05) is 28.8 Å². The van der Waals surface area contributed by atoms with Crippen molar-refractivity contribution < 1.29 is 9.59 Å². The molecule has 0 spiro atoms. The number of halogens is 1. The molecule has 1 aromatic carbocycles. The van der Waals surface area contributed by atoms with Gasteiger partial charge in [-0.25, -0.2) is 0 Å². The first-order valence-electron chi connectivity index (χ1n) is 7.71. The van der Waals surface area contributed by atoms with Gasteiger partial charge in [-0.2, -0.15) is 0 Å². The van der Waals surface area contributed by atoms with Crippen LogP contribution in [0.5, 0.6) is 0 Å². The molecule has 5 nitrogen and oxygen atoms in total. The van der Waals surface area contributed by atoms with E-state index in [4.69, 9.17) is 17.3 Å². The summed E-state index contributed by atoms with van der Waals surface area (Å²) in [7, 11) is 0. The first-order valence-corrected chi connectivity index (χ1v) is 9.07. The zero-order valence-electron chi connectivity index (χ0n) is 13.0. The van der Waals surface area contributed by atoms with Gasteiger partial charge >= 0.3 is 0 Å². The maximum absolute atomic E-state index is 12.2. The molecule has 0 bridgehead atoms. The van der Waals surface area contributed by atoms with Gasteiger partial charge in [0.2, 0.25) is 11.8 Å². The van der Waals surface area contributed by atoms with Gasteiger partial charge < -0.3 is 11.1 Å². The van der Waals surface area contributed by atoms with Gasteiger partial charge in [0.15, 0.2) is 0 Å². The number of hydrogen-bond acceptors (Lipinski definition) is 4. The minimum atomic E-state index is -0.342. The highest BCUT2D eigenvalue weighted by Crippen LogP contribution is 2.20. The average molecular weight is 356 g/mol. The van der Waals surface area contributed by atoms with Crippen LogP contribution in [0.15, 0.2) is 29.2 Å². The standard InChI is InChI=1S/C16H22ClN3O2S/c17-13-3-5-14(6-4-13)23-9-7-19-16(22)12-2-1-8-20(10-12)11-15(18)21/h3-6,12H,1-2,7-11H2,(H2,18,21)(H,19,22)/t12-/m0/s1. The number of thioether (sulfide) groups is 1. The molecule has 0 radical (unpaired) electrons. The molecule has 0 unspecified atom stereocenters. The number of benzene rings is 1. The summed E-state index contributed by atoms with van der Waals surface area (Å²) in [5, 5.41) is 3.70. The van der Waals surface area contributed by atoms with E-state index in [1.165, 1.54) is 0 Å². The van der Waals surface area contributed by atoms with Gasteiger partial charge in [0.05, 0.1) is 12.5 Å². The van der Waals surface area contributed by atoms with E-state index in [2.05, 4.69) is 5.32 Å². The maximum atomic E-state index is 12.2. The van der Waals surface area contributed by atoms with Crippen LogP contribution in [0.3, 0.4) is 0 Å². The SMILES string of the molecule is NC(=O)CN1CCC[C@H](C(=O)NCCSc2ccc(Cl)cc2)C1. The van der Waals surface area contributed by atoms with Crippen molar-refractivity contribution in [3.8, 4) is 0 Å². The molecule has 1 saturated heterocycles. The Morgan fingerprint density at radius 1 is 1.35 bits per heavy atom. The molecule has 0 saturated carbocycles. The Balaban J connectivity index is 1.67. The number of primary amides is 1. The minimum absolute atomic E-state index is 0.0522. The highest BCUT2D eigenvalue weighted by Gasteiger charge is 2.26. The zero-order valence-corrected chi connectivity index (χ0v) is 14.5. The lowest BCUT2D eigenvalue weighted by molar-refractivity contribution is -0.128. The molecular formula is C16H22ClN3O2S. The van der Waals surface area contributed by atoms with Crippen LogP contribution in [0.25, 0.3) is 0 Å². The molecule has 0 aromatic heterocycles. The number of carbonyl (C=O) groups excluding carboxylic acids is 2. The largest absolute Gasteiger partial charge is 0.369 e. The third-order valence-corrected chi connectivity index (χ3v) is 5.01. The Hall–Kier alpha value is -1.24. The van der Waals surface area contributed by atoms with Gasteiger partial charge in [-0.3, -0.25) is 14.5 Å². The molecule has 7 heteroatoms. The summed E-state index contributed by atoms with van der Waals surface area (Å²) in [6, 6.07) is 7.66. The fraction of sp³-hybridized carbons (Fsp3) is 0.500. The Morgan fingerprint density at radius 3 is 2.78 bits per heavy atom. The summed E-state index contributed by atoms with van der Waals surface area (Å²) in [6.07, 6.45) is 1.79. The van der Waals surface area contributed by atoms with Crippen molar-refractivity contribution in [2.75, 3.05) is 31.9 Å². The van der Waals surface area contributed by atoms with Gasteiger partial charge in [0.25, 0.3) is 0 Å². The molecule has 1 aliphatic heterocycles. The van der Waals surface area contributed by atoms with Crippen LogP contribution in [-0.2, 0) is 9.59 Å². The Labute approximate surface area is 145 Å². The number of nitrogens with one attached hydrogen (secondary N) is 1. The predicted octanol–water partition coefficient (Wildman–Crippen LogP) is 1.75. The van der Waals surface area contributed by atoms with E-state index in [0.717, 1.165) is 35.1 Å². The van der Waals surface area contributed by atoms with Gasteiger partial charge in [-0.05, 0) is 43.7 Å². The van der Waals surface area contributed by atoms with Crippen LogP contribution < -0.4 is 11.1 Å². The smallest absolute Gasteiger partial charge is 0.231 e. The fourth-order valence-electron chi connectivity index (χ4n) is 2.65. The number of carbonyl (C=O) groups is 2. The second-order valence-corrected chi connectivity index (χ2v) is 7.24. The molecular weight excluding hydrogens is 334 g/mol. The quantitative estimate of drug-likeness (QED) is 0.577. The summed E-state index contributed by atoms with van der Waals surface area (Å²) in [5.74, 6) is 0.482. The van der Waals surface area contributed by atoms with E-state index in [1.54, 1.807) is 11.8 Å². The van der Waals surface area contributed by atoms with E-state index in [0.29, 0.717) is 13.1 Å². The second kappa shape index (κ2) is 9.15. The topological polar surface area (TPSA) is 75.4 Å². The third-order valence-electron chi connectivity index (χ3n) is 3.74. The molecule has 1 atom stereocenters. The van der Waals surface area contributed by atoms with Crippen molar-refractivity contribution in [1.29, 1.82) is 0 Å². The normalized spacial score (nSPS) is 18.6. The Kier molecular flexibility index (Phi) is 7.20. The summed E-state index contributed by atoms with van der Waals surface area (Å²) < 4.78 is 0. The van der Waals surface area contributed by atoms with Crippen LogP contribution in [-0.4, -0.2) is 48.6 Å². The zero-order chi connectivity index (χ0) is 16.7. The maximum Gasteiger partial charge on any atom is 0.231 e. The summed E-state index contributed by atoms with van der Waals surface area (Å²) in [4.78, 5) is 26.3. The first-order chi connectivity index (χ1) is 11.0. The van der Waals surface area contributed by atoms with E-state index in [-0.39, 0.29) is 24.3 Å². The van der Waals surface area contributed by atoms with Crippen LogP contribution in [0, 0.1) is 5.92 Å². The summed E-state index contributed by atoms with van der Waals surface area (Å²) >= 11 is 7.53. The number of nitrogens with zero attached hydrogens (tertiary/aromatic N) is 1. The van der Waals surface area contributed by atoms with E-state index in [1.807, 2.05) is 29.2 Å². The van der Waals surface area contributed by atoms with E-state index >= 15 is 0 Å². The van der Waals surface area contributed by atoms with E-state index < -0.39 is 0 Å². The number of hydrogen-bond donors (Lipinski definition) is 2. The van der Waals surface area contributed by atoms with Crippen molar-refractivity contribution in [3.05, 3.63) is 29.3 Å². The molecule has 2 amide bonds. The van der Waals surface area contributed by atoms with Gasteiger partial charge in [-0.15, -0.1) is 11.8 Å². The monoisotopic (exact) mass is 355 g/mol. The van der Waals surface area contributed by atoms with Crippen molar-refractivity contribution in [3.63, 3.8) is 0 Å². The molecule has 1 heterocycles. The molecule has 0 aliphatic carbocycles. The Morgan fingerprint density at radius 2 is 2.09 bits per heavy atom. The third kappa shape index (κ3) is 6.41. The second-order valence-electron chi connectivity index (χ2n) is 5.63. The lowest BCUT2D eigenvalue weighted by Gasteiger charge is -2.30. The molecule has 23 heavy (non-hydrogen) atoms. The highest BCUT2D eigenvalue weighted by atomic mass is 35.5.